The molecule has 1 saturated heterocycles. The highest BCUT2D eigenvalue weighted by Crippen LogP contribution is 2.21. The zero-order chi connectivity index (χ0) is 14.6. The quantitative estimate of drug-likeness (QED) is 0.729. The highest BCUT2D eigenvalue weighted by atomic mass is 32.2. The molecule has 7 nitrogen and oxygen atoms in total. The van der Waals surface area contributed by atoms with E-state index in [-0.39, 0.29) is 6.04 Å². The summed E-state index contributed by atoms with van der Waals surface area (Å²) in [7, 11) is -3.52. The van der Waals surface area contributed by atoms with E-state index in [9.17, 15) is 8.42 Å². The predicted octanol–water partition coefficient (Wildman–Crippen LogP) is 0.919. The van der Waals surface area contributed by atoms with Gasteiger partial charge in [0.05, 0.1) is 11.9 Å². The Morgan fingerprint density at radius 3 is 2.95 bits per heavy atom. The van der Waals surface area contributed by atoms with Gasteiger partial charge in [-0.15, -0.1) is 0 Å². The summed E-state index contributed by atoms with van der Waals surface area (Å²) in [6, 6.07) is 0.360. The van der Waals surface area contributed by atoms with Crippen LogP contribution in [-0.2, 0) is 10.2 Å². The van der Waals surface area contributed by atoms with Crippen LogP contribution in [0.15, 0.2) is 12.4 Å². The maximum absolute atomic E-state index is 12.5. The van der Waals surface area contributed by atoms with E-state index < -0.39 is 10.2 Å². The first-order valence-electron chi connectivity index (χ1n) is 7.01. The van der Waals surface area contributed by atoms with Crippen molar-refractivity contribution in [1.29, 1.82) is 0 Å². The average molecular weight is 301 g/mol. The smallest absolute Gasteiger partial charge is 0.302 e. The van der Waals surface area contributed by atoms with E-state index in [0.29, 0.717) is 24.8 Å². The van der Waals surface area contributed by atoms with Crippen LogP contribution in [0.3, 0.4) is 0 Å². The van der Waals surface area contributed by atoms with E-state index in [4.69, 9.17) is 0 Å². The number of piperidine rings is 1. The molecule has 114 valence electrons. The van der Waals surface area contributed by atoms with Crippen LogP contribution >= 0.6 is 0 Å². The van der Waals surface area contributed by atoms with Gasteiger partial charge in [0, 0.05) is 31.4 Å². The van der Waals surface area contributed by atoms with E-state index in [0.717, 1.165) is 19.3 Å². The molecule has 2 rings (SSSR count). The van der Waals surface area contributed by atoms with E-state index in [1.807, 2.05) is 0 Å². The van der Waals surface area contributed by atoms with E-state index in [2.05, 4.69) is 34.1 Å². The summed E-state index contributed by atoms with van der Waals surface area (Å²) < 4.78 is 29.0. The standard InChI is InChI=1S/C12H23N5O2S/c1-10(2)13-9-12-5-3-4-6-17(12)20(18,19)16-11-7-14-15-8-11/h7-8,10,12-13,16H,3-6,9H2,1-2H3,(H,14,15). The largest absolute Gasteiger partial charge is 0.313 e. The van der Waals surface area contributed by atoms with Crippen molar-refractivity contribution < 1.29 is 8.42 Å². The van der Waals surface area contributed by atoms with Gasteiger partial charge in [-0.25, -0.2) is 0 Å². The molecule has 0 radical (unpaired) electrons. The van der Waals surface area contributed by atoms with Gasteiger partial charge >= 0.3 is 10.2 Å². The molecule has 0 saturated carbocycles. The summed E-state index contributed by atoms with van der Waals surface area (Å²) in [6.45, 7) is 5.37. The Balaban J connectivity index is 2.06. The van der Waals surface area contributed by atoms with Gasteiger partial charge in [0.1, 0.15) is 0 Å². The van der Waals surface area contributed by atoms with Crippen LogP contribution in [0, 0.1) is 0 Å². The third-order valence-corrected chi connectivity index (χ3v) is 4.98. The zero-order valence-electron chi connectivity index (χ0n) is 12.0. The molecule has 0 spiro atoms. The number of nitrogens with zero attached hydrogens (tertiary/aromatic N) is 2. The van der Waals surface area contributed by atoms with Gasteiger partial charge in [-0.1, -0.05) is 20.3 Å². The zero-order valence-corrected chi connectivity index (χ0v) is 12.8. The molecule has 0 bridgehead atoms. The highest BCUT2D eigenvalue weighted by Gasteiger charge is 2.32. The maximum atomic E-state index is 12.5. The minimum Gasteiger partial charge on any atom is -0.313 e. The van der Waals surface area contributed by atoms with Crippen molar-refractivity contribution in [2.75, 3.05) is 17.8 Å². The normalized spacial score (nSPS) is 21.2. The van der Waals surface area contributed by atoms with E-state index in [1.54, 1.807) is 4.31 Å². The molecule has 1 unspecified atom stereocenters. The topological polar surface area (TPSA) is 90.1 Å². The molecule has 1 aromatic rings. The van der Waals surface area contributed by atoms with Crippen LogP contribution in [0.25, 0.3) is 0 Å². The van der Waals surface area contributed by atoms with Gasteiger partial charge < -0.3 is 5.32 Å². The van der Waals surface area contributed by atoms with Crippen molar-refractivity contribution in [3.63, 3.8) is 0 Å². The van der Waals surface area contributed by atoms with Gasteiger partial charge in [-0.05, 0) is 12.8 Å². The Kier molecular flexibility index (Phi) is 5.00. The minimum atomic E-state index is -3.52. The van der Waals surface area contributed by atoms with Crippen LogP contribution < -0.4 is 10.0 Å². The SMILES string of the molecule is CC(C)NCC1CCCCN1S(=O)(=O)Nc1cn[nH]c1. The van der Waals surface area contributed by atoms with E-state index >= 15 is 0 Å². The molecule has 0 aromatic carbocycles. The summed E-state index contributed by atoms with van der Waals surface area (Å²) in [4.78, 5) is 0. The summed E-state index contributed by atoms with van der Waals surface area (Å²) in [5, 5.41) is 9.67. The van der Waals surface area contributed by atoms with Crippen LogP contribution in [0.2, 0.25) is 0 Å². The fourth-order valence-corrected chi connectivity index (χ4v) is 3.85. The Hall–Kier alpha value is -1.12. The number of hydrogen-bond acceptors (Lipinski definition) is 4. The molecule has 0 aliphatic carbocycles. The molecule has 1 fully saturated rings. The monoisotopic (exact) mass is 301 g/mol. The number of aromatic nitrogens is 2. The second-order valence-electron chi connectivity index (χ2n) is 5.42. The Bertz CT molecular complexity index is 500. The summed E-state index contributed by atoms with van der Waals surface area (Å²) in [5.74, 6) is 0. The fraction of sp³-hybridized carbons (Fsp3) is 0.750. The van der Waals surface area contributed by atoms with Crippen LogP contribution in [-0.4, -0.2) is 48.1 Å². The van der Waals surface area contributed by atoms with Gasteiger partial charge in [-0.2, -0.15) is 17.8 Å². The third kappa shape index (κ3) is 3.94. The van der Waals surface area contributed by atoms with Gasteiger partial charge in [0.25, 0.3) is 0 Å². The number of aromatic amines is 1. The van der Waals surface area contributed by atoms with Gasteiger partial charge in [0.15, 0.2) is 0 Å². The second kappa shape index (κ2) is 6.55. The number of rotatable bonds is 6. The number of nitrogens with one attached hydrogen (secondary N) is 3. The maximum Gasteiger partial charge on any atom is 0.302 e. The third-order valence-electron chi connectivity index (χ3n) is 3.39. The Morgan fingerprint density at radius 2 is 2.30 bits per heavy atom. The molecule has 0 amide bonds. The molecular weight excluding hydrogens is 278 g/mol. The summed E-state index contributed by atoms with van der Waals surface area (Å²) in [6.07, 6.45) is 5.87. The number of H-pyrrole nitrogens is 1. The fourth-order valence-electron chi connectivity index (χ4n) is 2.38. The molecule has 8 heteroatoms. The van der Waals surface area contributed by atoms with Crippen LogP contribution in [0.5, 0.6) is 0 Å². The first-order chi connectivity index (χ1) is 9.49. The van der Waals surface area contributed by atoms with E-state index in [1.165, 1.54) is 12.4 Å². The Morgan fingerprint density at radius 1 is 1.50 bits per heavy atom. The summed E-state index contributed by atoms with van der Waals surface area (Å²) >= 11 is 0. The Labute approximate surface area is 120 Å². The molecule has 20 heavy (non-hydrogen) atoms. The highest BCUT2D eigenvalue weighted by molar-refractivity contribution is 7.90. The molecule has 1 aliphatic rings. The second-order valence-corrected chi connectivity index (χ2v) is 7.04. The van der Waals surface area contributed by atoms with Crippen molar-refractivity contribution in [2.45, 2.75) is 45.2 Å². The van der Waals surface area contributed by atoms with Crippen molar-refractivity contribution >= 4 is 15.9 Å². The molecule has 1 atom stereocenters. The average Bonchev–Trinajstić information content (AvgIpc) is 2.88. The van der Waals surface area contributed by atoms with Crippen molar-refractivity contribution in [3.8, 4) is 0 Å². The lowest BCUT2D eigenvalue weighted by Gasteiger charge is -2.35. The molecule has 1 aliphatic heterocycles. The first-order valence-corrected chi connectivity index (χ1v) is 8.45. The number of hydrogen-bond donors (Lipinski definition) is 3. The lowest BCUT2D eigenvalue weighted by molar-refractivity contribution is 0.243. The molecule has 2 heterocycles. The van der Waals surface area contributed by atoms with Gasteiger partial charge in [0.2, 0.25) is 0 Å². The summed E-state index contributed by atoms with van der Waals surface area (Å²) in [5.41, 5.74) is 0.464. The predicted molar refractivity (Wildman–Crippen MR) is 78.6 cm³/mol. The lowest BCUT2D eigenvalue weighted by Crippen LogP contribution is -2.51. The molecular formula is C12H23N5O2S. The van der Waals surface area contributed by atoms with Crippen molar-refractivity contribution in [1.82, 2.24) is 19.8 Å². The van der Waals surface area contributed by atoms with Gasteiger partial charge in [-0.3, -0.25) is 9.82 Å². The van der Waals surface area contributed by atoms with Crippen LogP contribution in [0.1, 0.15) is 33.1 Å². The van der Waals surface area contributed by atoms with Crippen molar-refractivity contribution in [2.24, 2.45) is 0 Å². The van der Waals surface area contributed by atoms with Crippen LogP contribution in [0.4, 0.5) is 5.69 Å². The molecule has 1 aromatic heterocycles. The van der Waals surface area contributed by atoms with Crippen molar-refractivity contribution in [3.05, 3.63) is 12.4 Å². The molecule has 3 N–H and O–H groups in total. The lowest BCUT2D eigenvalue weighted by atomic mass is 10.0. The first kappa shape index (κ1) is 15.3. The minimum absolute atomic E-state index is 0.00977. The number of anilines is 1.